The maximum Gasteiger partial charge on any atom is 0.258 e. The SMILES string of the molecule is CCC(N)Cc1cccc(Br)c1OCC(=O)NC1CC1. The quantitative estimate of drug-likeness (QED) is 0.800. The van der Waals surface area contributed by atoms with E-state index in [1.165, 1.54) is 0 Å². The summed E-state index contributed by atoms with van der Waals surface area (Å²) in [7, 11) is 0. The van der Waals surface area contributed by atoms with Gasteiger partial charge in [-0.25, -0.2) is 0 Å². The third-order valence-electron chi connectivity index (χ3n) is 3.35. The lowest BCUT2D eigenvalue weighted by molar-refractivity contribution is -0.123. The molecule has 110 valence electrons. The second kappa shape index (κ2) is 7.09. The molecule has 0 spiro atoms. The van der Waals surface area contributed by atoms with E-state index in [9.17, 15) is 4.79 Å². The van der Waals surface area contributed by atoms with Crippen molar-refractivity contribution in [2.45, 2.75) is 44.7 Å². The first kappa shape index (κ1) is 15.3. The fourth-order valence-corrected chi connectivity index (χ4v) is 2.46. The topological polar surface area (TPSA) is 64.3 Å². The average molecular weight is 341 g/mol. The Hall–Kier alpha value is -1.07. The van der Waals surface area contributed by atoms with Crippen LogP contribution in [0.25, 0.3) is 0 Å². The number of amides is 1. The number of hydrogen-bond donors (Lipinski definition) is 2. The smallest absolute Gasteiger partial charge is 0.258 e. The number of ether oxygens (including phenoxy) is 1. The van der Waals surface area contributed by atoms with Crippen LogP contribution in [0, 0.1) is 0 Å². The number of nitrogens with one attached hydrogen (secondary N) is 1. The maximum atomic E-state index is 11.7. The zero-order valence-corrected chi connectivity index (χ0v) is 13.3. The molecule has 0 heterocycles. The van der Waals surface area contributed by atoms with Crippen molar-refractivity contribution < 1.29 is 9.53 Å². The lowest BCUT2D eigenvalue weighted by Crippen LogP contribution is -2.30. The highest BCUT2D eigenvalue weighted by Crippen LogP contribution is 2.30. The monoisotopic (exact) mass is 340 g/mol. The van der Waals surface area contributed by atoms with Gasteiger partial charge in [-0.1, -0.05) is 19.1 Å². The summed E-state index contributed by atoms with van der Waals surface area (Å²) in [6.45, 7) is 2.11. The zero-order valence-electron chi connectivity index (χ0n) is 11.7. The van der Waals surface area contributed by atoms with Gasteiger partial charge in [-0.2, -0.15) is 0 Å². The van der Waals surface area contributed by atoms with Crippen LogP contribution in [0.5, 0.6) is 5.75 Å². The van der Waals surface area contributed by atoms with Gasteiger partial charge in [0.05, 0.1) is 4.47 Å². The molecule has 20 heavy (non-hydrogen) atoms. The van der Waals surface area contributed by atoms with Crippen molar-refractivity contribution in [2.24, 2.45) is 5.73 Å². The molecule has 1 aliphatic rings. The minimum Gasteiger partial charge on any atom is -0.482 e. The van der Waals surface area contributed by atoms with E-state index in [0.717, 1.165) is 41.5 Å². The largest absolute Gasteiger partial charge is 0.482 e. The predicted molar refractivity (Wildman–Crippen MR) is 82.8 cm³/mol. The molecule has 1 saturated carbocycles. The summed E-state index contributed by atoms with van der Waals surface area (Å²) < 4.78 is 6.55. The molecule has 0 aliphatic heterocycles. The summed E-state index contributed by atoms with van der Waals surface area (Å²) in [5, 5.41) is 2.91. The number of carbonyl (C=O) groups excluding carboxylic acids is 1. The van der Waals surface area contributed by atoms with E-state index in [2.05, 4.69) is 28.2 Å². The predicted octanol–water partition coefficient (Wildman–Crippen LogP) is 2.39. The molecule has 2 rings (SSSR count). The Labute approximate surface area is 128 Å². The molecule has 3 N–H and O–H groups in total. The second-order valence-corrected chi connectivity index (χ2v) is 6.09. The summed E-state index contributed by atoms with van der Waals surface area (Å²) in [5.74, 6) is 0.663. The van der Waals surface area contributed by atoms with E-state index in [0.29, 0.717) is 6.04 Å². The molecule has 1 atom stereocenters. The number of halogens is 1. The Balaban J connectivity index is 1.98. The standard InChI is InChI=1S/C15H21BrN2O2/c1-2-11(17)8-10-4-3-5-13(16)15(10)20-9-14(19)18-12-6-7-12/h3-5,11-12H,2,6-9,17H2,1H3,(H,18,19). The molecule has 0 aromatic heterocycles. The summed E-state index contributed by atoms with van der Waals surface area (Å²) in [5.41, 5.74) is 7.04. The first-order valence-corrected chi connectivity index (χ1v) is 7.84. The van der Waals surface area contributed by atoms with E-state index in [1.54, 1.807) is 0 Å². The summed E-state index contributed by atoms with van der Waals surface area (Å²) in [4.78, 5) is 11.7. The van der Waals surface area contributed by atoms with Crippen molar-refractivity contribution in [3.63, 3.8) is 0 Å². The number of para-hydroxylation sites is 1. The molecule has 1 aromatic carbocycles. The lowest BCUT2D eigenvalue weighted by atomic mass is 10.0. The van der Waals surface area contributed by atoms with E-state index in [4.69, 9.17) is 10.5 Å². The number of carbonyl (C=O) groups is 1. The van der Waals surface area contributed by atoms with Crippen LogP contribution in [0.1, 0.15) is 31.7 Å². The Morgan fingerprint density at radius 1 is 1.55 bits per heavy atom. The molecule has 0 saturated heterocycles. The van der Waals surface area contributed by atoms with Crippen LogP contribution in [0.3, 0.4) is 0 Å². The highest BCUT2D eigenvalue weighted by Gasteiger charge is 2.23. The Morgan fingerprint density at radius 3 is 2.95 bits per heavy atom. The fourth-order valence-electron chi connectivity index (χ4n) is 1.94. The van der Waals surface area contributed by atoms with Crippen LogP contribution >= 0.6 is 15.9 Å². The van der Waals surface area contributed by atoms with Gasteiger partial charge in [0.15, 0.2) is 6.61 Å². The summed E-state index contributed by atoms with van der Waals surface area (Å²) in [6.07, 6.45) is 3.82. The normalized spacial score (nSPS) is 15.8. The van der Waals surface area contributed by atoms with Gasteiger partial charge in [0, 0.05) is 12.1 Å². The van der Waals surface area contributed by atoms with Crippen molar-refractivity contribution in [1.29, 1.82) is 0 Å². The second-order valence-electron chi connectivity index (χ2n) is 5.23. The van der Waals surface area contributed by atoms with E-state index < -0.39 is 0 Å². The molecule has 1 amide bonds. The Morgan fingerprint density at radius 2 is 2.30 bits per heavy atom. The molecule has 5 heteroatoms. The van der Waals surface area contributed by atoms with Crippen molar-refractivity contribution in [3.05, 3.63) is 28.2 Å². The highest BCUT2D eigenvalue weighted by atomic mass is 79.9. The molecule has 1 aliphatic carbocycles. The molecule has 0 bridgehead atoms. The third kappa shape index (κ3) is 4.49. The van der Waals surface area contributed by atoms with Gasteiger partial charge in [-0.15, -0.1) is 0 Å². The van der Waals surface area contributed by atoms with Gasteiger partial charge in [0.1, 0.15) is 5.75 Å². The van der Waals surface area contributed by atoms with Crippen molar-refractivity contribution in [1.82, 2.24) is 5.32 Å². The summed E-state index contributed by atoms with van der Waals surface area (Å²) in [6, 6.07) is 6.33. The molecular weight excluding hydrogens is 320 g/mol. The van der Waals surface area contributed by atoms with Crippen molar-refractivity contribution >= 4 is 21.8 Å². The lowest BCUT2D eigenvalue weighted by Gasteiger charge is -2.15. The van der Waals surface area contributed by atoms with E-state index in [1.807, 2.05) is 18.2 Å². The number of benzene rings is 1. The average Bonchev–Trinajstić information content (AvgIpc) is 3.21. The Kier molecular flexibility index (Phi) is 5.43. The number of nitrogens with two attached hydrogens (primary N) is 1. The third-order valence-corrected chi connectivity index (χ3v) is 3.97. The van der Waals surface area contributed by atoms with Crippen LogP contribution in [0.15, 0.2) is 22.7 Å². The van der Waals surface area contributed by atoms with Gasteiger partial charge in [0.25, 0.3) is 5.91 Å². The fraction of sp³-hybridized carbons (Fsp3) is 0.533. The molecular formula is C15H21BrN2O2. The Bertz CT molecular complexity index is 475. The van der Waals surface area contributed by atoms with E-state index in [-0.39, 0.29) is 18.6 Å². The molecule has 4 nitrogen and oxygen atoms in total. The molecule has 1 fully saturated rings. The summed E-state index contributed by atoms with van der Waals surface area (Å²) >= 11 is 3.47. The van der Waals surface area contributed by atoms with Gasteiger partial charge in [-0.05, 0) is 53.2 Å². The minimum absolute atomic E-state index is 0.0491. The van der Waals surface area contributed by atoms with Crippen LogP contribution in [-0.2, 0) is 11.2 Å². The van der Waals surface area contributed by atoms with Crippen LogP contribution in [0.2, 0.25) is 0 Å². The van der Waals surface area contributed by atoms with Crippen LogP contribution < -0.4 is 15.8 Å². The van der Waals surface area contributed by atoms with Gasteiger partial charge >= 0.3 is 0 Å². The van der Waals surface area contributed by atoms with Crippen molar-refractivity contribution in [2.75, 3.05) is 6.61 Å². The highest BCUT2D eigenvalue weighted by molar-refractivity contribution is 9.10. The maximum absolute atomic E-state index is 11.7. The van der Waals surface area contributed by atoms with Gasteiger partial charge < -0.3 is 15.8 Å². The van der Waals surface area contributed by atoms with Gasteiger partial charge in [0.2, 0.25) is 0 Å². The number of rotatable bonds is 7. The minimum atomic E-state index is -0.0611. The van der Waals surface area contributed by atoms with E-state index >= 15 is 0 Å². The first-order chi connectivity index (χ1) is 9.60. The van der Waals surface area contributed by atoms with Crippen LogP contribution in [-0.4, -0.2) is 24.6 Å². The van der Waals surface area contributed by atoms with Crippen LogP contribution in [0.4, 0.5) is 0 Å². The molecule has 1 unspecified atom stereocenters. The first-order valence-electron chi connectivity index (χ1n) is 7.05. The molecule has 1 aromatic rings. The number of hydrogen-bond acceptors (Lipinski definition) is 3. The van der Waals surface area contributed by atoms with Crippen molar-refractivity contribution in [3.8, 4) is 5.75 Å². The zero-order chi connectivity index (χ0) is 14.5. The van der Waals surface area contributed by atoms with Gasteiger partial charge in [-0.3, -0.25) is 4.79 Å². The molecule has 0 radical (unpaired) electrons.